The Kier molecular flexibility index (Phi) is 6.26. The maximum atomic E-state index is 14.1. The van der Waals surface area contributed by atoms with Gasteiger partial charge in [-0.3, -0.25) is 4.79 Å². The zero-order chi connectivity index (χ0) is 24.6. The summed E-state index contributed by atoms with van der Waals surface area (Å²) in [4.78, 5) is 19.0. The number of nitrogens with zero attached hydrogens (tertiary/aromatic N) is 4. The van der Waals surface area contributed by atoms with E-state index in [0.29, 0.717) is 48.6 Å². The van der Waals surface area contributed by atoms with Gasteiger partial charge in [-0.05, 0) is 35.9 Å². The second-order valence-corrected chi connectivity index (χ2v) is 10.2. The fourth-order valence-corrected chi connectivity index (χ4v) is 5.47. The summed E-state index contributed by atoms with van der Waals surface area (Å²) in [5, 5.41) is 4.67. The number of ether oxygens (including phenoxy) is 1. The molecule has 0 aliphatic carbocycles. The number of ketones is 1. The molecule has 3 heterocycles. The lowest BCUT2D eigenvalue weighted by Crippen LogP contribution is -2.36. The number of fused-ring (bicyclic) bond motifs is 1. The third kappa shape index (κ3) is 4.52. The number of aromatic nitrogens is 3. The molecule has 1 fully saturated rings. The highest BCUT2D eigenvalue weighted by Gasteiger charge is 2.23. The third-order valence-corrected chi connectivity index (χ3v) is 7.69. The molecule has 11 heteroatoms. The van der Waals surface area contributed by atoms with Crippen LogP contribution in [0, 0.1) is 5.82 Å². The van der Waals surface area contributed by atoms with E-state index in [-0.39, 0.29) is 21.9 Å². The lowest BCUT2D eigenvalue weighted by Gasteiger charge is -2.27. The first-order chi connectivity index (χ1) is 16.8. The summed E-state index contributed by atoms with van der Waals surface area (Å²) in [5.41, 5.74) is 0.605. The summed E-state index contributed by atoms with van der Waals surface area (Å²) in [6.45, 7) is 2.55. The van der Waals surface area contributed by atoms with E-state index in [1.54, 1.807) is 24.3 Å². The second-order valence-electron chi connectivity index (χ2n) is 8.03. The van der Waals surface area contributed by atoms with E-state index in [9.17, 15) is 17.6 Å². The molecule has 0 spiro atoms. The standard InChI is InChI=1S/C24H20ClFN4O4S/c25-19-2-1-3-20(26)24(19)22(31)13-16-4-5-17-14-28-30(21(17)12-16)35(32,33)18-6-7-23(27-15-18)29-8-10-34-11-9-29/h1-7,12,14-15H,8-11,13H2. The van der Waals surface area contributed by atoms with Gasteiger partial charge >= 0.3 is 0 Å². The molecule has 0 unspecified atom stereocenters. The van der Waals surface area contributed by atoms with Crippen molar-refractivity contribution in [3.8, 4) is 0 Å². The van der Waals surface area contributed by atoms with E-state index in [1.165, 1.54) is 36.7 Å². The van der Waals surface area contributed by atoms with Crippen molar-refractivity contribution in [1.82, 2.24) is 14.2 Å². The van der Waals surface area contributed by atoms with Crippen molar-refractivity contribution in [1.29, 1.82) is 0 Å². The van der Waals surface area contributed by atoms with Crippen LogP contribution >= 0.6 is 11.6 Å². The van der Waals surface area contributed by atoms with Gasteiger partial charge in [0.15, 0.2) is 5.78 Å². The van der Waals surface area contributed by atoms with Crippen molar-refractivity contribution in [2.24, 2.45) is 0 Å². The monoisotopic (exact) mass is 514 g/mol. The minimum Gasteiger partial charge on any atom is -0.378 e. The number of carbonyl (C=O) groups is 1. The van der Waals surface area contributed by atoms with Crippen LogP contribution in [0.25, 0.3) is 10.9 Å². The molecular weight excluding hydrogens is 495 g/mol. The lowest BCUT2D eigenvalue weighted by molar-refractivity contribution is 0.0989. The maximum absolute atomic E-state index is 14.1. The topological polar surface area (TPSA) is 94.4 Å². The third-order valence-electron chi connectivity index (χ3n) is 5.79. The Labute approximate surface area is 206 Å². The first-order valence-electron chi connectivity index (χ1n) is 10.8. The molecule has 1 aliphatic heterocycles. The van der Waals surface area contributed by atoms with E-state index in [0.717, 1.165) is 4.09 Å². The Hall–Kier alpha value is -3.34. The van der Waals surface area contributed by atoms with Crippen LogP contribution in [0.2, 0.25) is 5.02 Å². The molecule has 0 radical (unpaired) electrons. The number of carbonyl (C=O) groups excluding carboxylic acids is 1. The molecule has 8 nitrogen and oxygen atoms in total. The van der Waals surface area contributed by atoms with Crippen molar-refractivity contribution in [2.45, 2.75) is 11.3 Å². The molecule has 5 rings (SSSR count). The van der Waals surface area contributed by atoms with Gasteiger partial charge in [0.2, 0.25) is 0 Å². The van der Waals surface area contributed by atoms with Crippen LogP contribution in [0.4, 0.5) is 10.2 Å². The number of benzene rings is 2. The summed E-state index contributed by atoms with van der Waals surface area (Å²) in [6.07, 6.45) is 2.58. The zero-order valence-corrected chi connectivity index (χ0v) is 20.0. The van der Waals surface area contributed by atoms with Gasteiger partial charge in [0.05, 0.1) is 35.5 Å². The first-order valence-corrected chi connectivity index (χ1v) is 12.6. The number of hydrogen-bond donors (Lipinski definition) is 0. The number of hydrogen-bond acceptors (Lipinski definition) is 7. The van der Waals surface area contributed by atoms with Gasteiger partial charge < -0.3 is 9.64 Å². The van der Waals surface area contributed by atoms with Gasteiger partial charge in [-0.1, -0.05) is 29.8 Å². The average molecular weight is 515 g/mol. The Bertz CT molecular complexity index is 1500. The molecule has 2 aromatic heterocycles. The predicted molar refractivity (Wildman–Crippen MR) is 129 cm³/mol. The Morgan fingerprint density at radius 3 is 2.60 bits per heavy atom. The quantitative estimate of drug-likeness (QED) is 0.362. The molecule has 0 atom stereocenters. The van der Waals surface area contributed by atoms with Crippen molar-refractivity contribution < 1.29 is 22.3 Å². The smallest absolute Gasteiger partial charge is 0.285 e. The SMILES string of the molecule is O=C(Cc1ccc2cnn(S(=O)(=O)c3ccc(N4CCOCC4)nc3)c2c1)c1c(F)cccc1Cl. The summed E-state index contributed by atoms with van der Waals surface area (Å²) < 4.78 is 47.1. The lowest BCUT2D eigenvalue weighted by atomic mass is 10.0. The molecule has 1 aliphatic rings. The average Bonchev–Trinajstić information content (AvgIpc) is 3.29. The van der Waals surface area contributed by atoms with Crippen molar-refractivity contribution >= 4 is 44.1 Å². The van der Waals surface area contributed by atoms with E-state index in [2.05, 4.69) is 10.1 Å². The van der Waals surface area contributed by atoms with Crippen LogP contribution in [0.1, 0.15) is 15.9 Å². The maximum Gasteiger partial charge on any atom is 0.285 e. The number of pyridine rings is 1. The molecule has 0 saturated carbocycles. The molecule has 2 aromatic carbocycles. The Morgan fingerprint density at radius 1 is 1.09 bits per heavy atom. The molecule has 180 valence electrons. The zero-order valence-electron chi connectivity index (χ0n) is 18.4. The number of anilines is 1. The normalized spacial score (nSPS) is 14.4. The fraction of sp³-hybridized carbons (Fsp3) is 0.208. The summed E-state index contributed by atoms with van der Waals surface area (Å²) in [7, 11) is -4.05. The van der Waals surface area contributed by atoms with Gasteiger partial charge in [0.25, 0.3) is 10.0 Å². The summed E-state index contributed by atoms with van der Waals surface area (Å²) in [5.74, 6) is -0.543. The van der Waals surface area contributed by atoms with E-state index < -0.39 is 21.6 Å². The number of morpholine rings is 1. The van der Waals surface area contributed by atoms with Crippen molar-refractivity contribution in [3.05, 3.63) is 82.9 Å². The molecule has 0 N–H and O–H groups in total. The molecule has 1 saturated heterocycles. The van der Waals surface area contributed by atoms with Crippen LogP contribution in [0.5, 0.6) is 0 Å². The second kappa shape index (κ2) is 9.37. The van der Waals surface area contributed by atoms with E-state index in [4.69, 9.17) is 16.3 Å². The van der Waals surface area contributed by atoms with Crippen LogP contribution in [0.15, 0.2) is 65.8 Å². The molecule has 0 bridgehead atoms. The molecular formula is C24H20ClFN4O4S. The minimum absolute atomic E-state index is 0.0147. The predicted octanol–water partition coefficient (Wildman–Crippen LogP) is 3.72. The van der Waals surface area contributed by atoms with Crippen molar-refractivity contribution in [3.63, 3.8) is 0 Å². The van der Waals surface area contributed by atoms with Crippen LogP contribution in [-0.4, -0.2) is 54.7 Å². The van der Waals surface area contributed by atoms with Gasteiger partial charge in [0, 0.05) is 31.1 Å². The highest BCUT2D eigenvalue weighted by molar-refractivity contribution is 7.90. The van der Waals surface area contributed by atoms with Crippen molar-refractivity contribution in [2.75, 3.05) is 31.2 Å². The highest BCUT2D eigenvalue weighted by atomic mass is 35.5. The summed E-state index contributed by atoms with van der Waals surface area (Å²) in [6, 6.07) is 12.1. The Morgan fingerprint density at radius 2 is 1.89 bits per heavy atom. The number of rotatable bonds is 6. The number of Topliss-reactive ketones (excluding diaryl/α,β-unsaturated/α-hetero) is 1. The summed E-state index contributed by atoms with van der Waals surface area (Å²) >= 11 is 6.01. The van der Waals surface area contributed by atoms with Gasteiger partial charge in [-0.15, -0.1) is 0 Å². The van der Waals surface area contributed by atoms with Gasteiger partial charge in [-0.2, -0.15) is 17.6 Å². The minimum atomic E-state index is -4.05. The largest absolute Gasteiger partial charge is 0.378 e. The van der Waals surface area contributed by atoms with Crippen LogP contribution in [-0.2, 0) is 21.2 Å². The van der Waals surface area contributed by atoms with Crippen LogP contribution < -0.4 is 4.90 Å². The van der Waals surface area contributed by atoms with E-state index >= 15 is 0 Å². The Balaban J connectivity index is 1.44. The first kappa shape index (κ1) is 23.4. The number of halogens is 2. The highest BCUT2D eigenvalue weighted by Crippen LogP contribution is 2.25. The molecule has 35 heavy (non-hydrogen) atoms. The van der Waals surface area contributed by atoms with E-state index in [1.807, 2.05) is 4.90 Å². The fourth-order valence-electron chi connectivity index (χ4n) is 3.98. The van der Waals surface area contributed by atoms with Gasteiger partial charge in [0.1, 0.15) is 16.5 Å². The molecule has 4 aromatic rings. The van der Waals surface area contributed by atoms with Gasteiger partial charge in [-0.25, -0.2) is 9.37 Å². The molecule has 0 amide bonds. The van der Waals surface area contributed by atoms with Crippen LogP contribution in [0.3, 0.4) is 0 Å².